The van der Waals surface area contributed by atoms with E-state index in [2.05, 4.69) is 38.5 Å². The van der Waals surface area contributed by atoms with Crippen molar-refractivity contribution in [2.24, 2.45) is 4.99 Å². The third kappa shape index (κ3) is 9.31. The molecule has 0 spiro atoms. The van der Waals surface area contributed by atoms with Crippen molar-refractivity contribution in [3.8, 4) is 5.75 Å². The van der Waals surface area contributed by atoms with Crippen LogP contribution in [0.5, 0.6) is 5.75 Å². The number of aryl methyl sites for hydroxylation is 1. The number of nitrogens with zero attached hydrogens (tertiary/aromatic N) is 1. The Morgan fingerprint density at radius 2 is 2.00 bits per heavy atom. The highest BCUT2D eigenvalue weighted by molar-refractivity contribution is 7.88. The van der Waals surface area contributed by atoms with Crippen molar-refractivity contribution in [2.45, 2.75) is 26.7 Å². The van der Waals surface area contributed by atoms with E-state index in [0.29, 0.717) is 19.5 Å². The highest BCUT2D eigenvalue weighted by atomic mass is 32.2. The van der Waals surface area contributed by atoms with Gasteiger partial charge in [0.25, 0.3) is 0 Å². The third-order valence-corrected chi connectivity index (χ3v) is 4.22. The first-order chi connectivity index (χ1) is 11.9. The minimum Gasteiger partial charge on any atom is -0.496 e. The number of hydrogen-bond donors (Lipinski definition) is 3. The highest BCUT2D eigenvalue weighted by Crippen LogP contribution is 2.18. The molecular formula is C17H30N4O3S. The van der Waals surface area contributed by atoms with Crippen LogP contribution in [0.15, 0.2) is 23.2 Å². The van der Waals surface area contributed by atoms with Crippen molar-refractivity contribution in [1.82, 2.24) is 15.4 Å². The van der Waals surface area contributed by atoms with Gasteiger partial charge in [0, 0.05) is 26.2 Å². The molecule has 0 saturated heterocycles. The fourth-order valence-electron chi connectivity index (χ4n) is 2.21. The Morgan fingerprint density at radius 1 is 1.24 bits per heavy atom. The van der Waals surface area contributed by atoms with Crippen molar-refractivity contribution >= 4 is 16.0 Å². The summed E-state index contributed by atoms with van der Waals surface area (Å²) in [6.45, 7) is 6.50. The molecule has 0 unspecified atom stereocenters. The first-order valence-corrected chi connectivity index (χ1v) is 10.3. The molecule has 0 radical (unpaired) electrons. The summed E-state index contributed by atoms with van der Waals surface area (Å²) >= 11 is 0. The average molecular weight is 371 g/mol. The zero-order chi connectivity index (χ0) is 18.7. The third-order valence-electron chi connectivity index (χ3n) is 3.49. The largest absolute Gasteiger partial charge is 0.496 e. The molecule has 0 aromatic heterocycles. The molecule has 0 aliphatic heterocycles. The second-order valence-corrected chi connectivity index (χ2v) is 7.59. The summed E-state index contributed by atoms with van der Waals surface area (Å²) in [4.78, 5) is 4.45. The van der Waals surface area contributed by atoms with E-state index in [1.165, 1.54) is 5.56 Å². The molecule has 0 saturated carbocycles. The molecule has 1 aromatic carbocycles. The molecule has 0 aliphatic rings. The number of guanidine groups is 1. The molecule has 0 heterocycles. The quantitative estimate of drug-likeness (QED) is 0.325. The summed E-state index contributed by atoms with van der Waals surface area (Å²) in [6, 6.07) is 6.21. The minimum atomic E-state index is -3.13. The second-order valence-electron chi connectivity index (χ2n) is 5.76. The number of aliphatic imine (C=N–C) groups is 1. The van der Waals surface area contributed by atoms with Crippen molar-refractivity contribution in [1.29, 1.82) is 0 Å². The summed E-state index contributed by atoms with van der Waals surface area (Å²) in [6.07, 6.45) is 2.66. The van der Waals surface area contributed by atoms with E-state index in [9.17, 15) is 8.42 Å². The smallest absolute Gasteiger partial charge is 0.208 e. The lowest BCUT2D eigenvalue weighted by Gasteiger charge is -2.12. The topological polar surface area (TPSA) is 91.8 Å². The maximum absolute atomic E-state index is 11.0. The SMILES string of the molecule is CCNC(=NCCCNS(C)(=O)=O)NCCc1ccc(C)c(OC)c1. The Hall–Kier alpha value is -1.80. The Morgan fingerprint density at radius 3 is 2.64 bits per heavy atom. The van der Waals surface area contributed by atoms with Gasteiger partial charge in [-0.3, -0.25) is 4.99 Å². The fourth-order valence-corrected chi connectivity index (χ4v) is 2.73. The number of sulfonamides is 1. The predicted octanol–water partition coefficient (Wildman–Crippen LogP) is 1.04. The van der Waals surface area contributed by atoms with Crippen LogP contribution in [-0.4, -0.2) is 53.9 Å². The monoisotopic (exact) mass is 370 g/mol. The second kappa shape index (κ2) is 10.9. The summed E-state index contributed by atoms with van der Waals surface area (Å²) < 4.78 is 29.8. The van der Waals surface area contributed by atoms with Crippen molar-refractivity contribution in [3.05, 3.63) is 29.3 Å². The van der Waals surface area contributed by atoms with Crippen LogP contribution in [0.25, 0.3) is 0 Å². The van der Waals surface area contributed by atoms with Gasteiger partial charge in [0.1, 0.15) is 5.75 Å². The number of rotatable bonds is 10. The van der Waals surface area contributed by atoms with Gasteiger partial charge in [0.15, 0.2) is 5.96 Å². The van der Waals surface area contributed by atoms with Crippen LogP contribution in [0, 0.1) is 6.92 Å². The molecule has 7 nitrogen and oxygen atoms in total. The zero-order valence-electron chi connectivity index (χ0n) is 15.6. The van der Waals surface area contributed by atoms with E-state index in [1.54, 1.807) is 7.11 Å². The first-order valence-electron chi connectivity index (χ1n) is 8.46. The van der Waals surface area contributed by atoms with Gasteiger partial charge in [-0.2, -0.15) is 0 Å². The Balaban J connectivity index is 2.43. The van der Waals surface area contributed by atoms with Crippen molar-refractivity contribution < 1.29 is 13.2 Å². The normalized spacial score (nSPS) is 12.1. The lowest BCUT2D eigenvalue weighted by Crippen LogP contribution is -2.38. The number of ether oxygens (including phenoxy) is 1. The number of hydrogen-bond acceptors (Lipinski definition) is 4. The fraction of sp³-hybridized carbons (Fsp3) is 0.588. The standard InChI is InChI=1S/C17H30N4O3S/c1-5-18-17(19-10-6-11-21-25(4,22)23)20-12-9-15-8-7-14(2)16(13-15)24-3/h7-8,13,21H,5-6,9-12H2,1-4H3,(H2,18,19,20). The van der Waals surface area contributed by atoms with Gasteiger partial charge in [-0.25, -0.2) is 13.1 Å². The molecule has 0 fully saturated rings. The van der Waals surface area contributed by atoms with Crippen molar-refractivity contribution in [3.63, 3.8) is 0 Å². The van der Waals surface area contributed by atoms with E-state index in [1.807, 2.05) is 13.8 Å². The Kier molecular flexibility index (Phi) is 9.30. The van der Waals surface area contributed by atoms with Gasteiger partial charge in [-0.05, 0) is 43.9 Å². The van der Waals surface area contributed by atoms with Gasteiger partial charge < -0.3 is 15.4 Å². The molecule has 1 aromatic rings. The highest BCUT2D eigenvalue weighted by Gasteiger charge is 2.02. The molecule has 0 amide bonds. The van der Waals surface area contributed by atoms with Crippen LogP contribution in [0.2, 0.25) is 0 Å². The molecule has 0 atom stereocenters. The Labute approximate surface area is 151 Å². The molecular weight excluding hydrogens is 340 g/mol. The molecule has 142 valence electrons. The molecule has 25 heavy (non-hydrogen) atoms. The summed E-state index contributed by atoms with van der Waals surface area (Å²) in [5, 5.41) is 6.47. The number of methoxy groups -OCH3 is 1. The average Bonchev–Trinajstić information content (AvgIpc) is 2.55. The van der Waals surface area contributed by atoms with Gasteiger partial charge in [0.2, 0.25) is 10.0 Å². The molecule has 3 N–H and O–H groups in total. The van der Waals surface area contributed by atoms with Gasteiger partial charge in [-0.15, -0.1) is 0 Å². The summed E-state index contributed by atoms with van der Waals surface area (Å²) in [5.74, 6) is 1.64. The molecule has 0 bridgehead atoms. The lowest BCUT2D eigenvalue weighted by molar-refractivity contribution is 0.411. The molecule has 1 rings (SSSR count). The van der Waals surface area contributed by atoms with Crippen LogP contribution in [0.4, 0.5) is 0 Å². The molecule has 0 aliphatic carbocycles. The van der Waals surface area contributed by atoms with Crippen LogP contribution < -0.4 is 20.1 Å². The summed E-state index contributed by atoms with van der Waals surface area (Å²) in [5.41, 5.74) is 2.32. The summed E-state index contributed by atoms with van der Waals surface area (Å²) in [7, 11) is -1.45. The maximum Gasteiger partial charge on any atom is 0.208 e. The van der Waals surface area contributed by atoms with Gasteiger partial charge >= 0.3 is 0 Å². The van der Waals surface area contributed by atoms with Crippen molar-refractivity contribution in [2.75, 3.05) is 39.5 Å². The Bertz CT molecular complexity index is 660. The predicted molar refractivity (Wildman–Crippen MR) is 103 cm³/mol. The van der Waals surface area contributed by atoms with Gasteiger partial charge in [-0.1, -0.05) is 12.1 Å². The van der Waals surface area contributed by atoms with E-state index in [4.69, 9.17) is 4.74 Å². The number of benzene rings is 1. The van der Waals surface area contributed by atoms with Gasteiger partial charge in [0.05, 0.1) is 13.4 Å². The van der Waals surface area contributed by atoms with E-state index >= 15 is 0 Å². The van der Waals surface area contributed by atoms with Crippen LogP contribution in [0.3, 0.4) is 0 Å². The lowest BCUT2D eigenvalue weighted by atomic mass is 10.1. The van der Waals surface area contributed by atoms with Crippen LogP contribution in [-0.2, 0) is 16.4 Å². The minimum absolute atomic E-state index is 0.394. The van der Waals surface area contributed by atoms with Crippen LogP contribution >= 0.6 is 0 Å². The van der Waals surface area contributed by atoms with E-state index in [-0.39, 0.29) is 0 Å². The van der Waals surface area contributed by atoms with Crippen LogP contribution in [0.1, 0.15) is 24.5 Å². The maximum atomic E-state index is 11.0. The first kappa shape index (κ1) is 21.2. The van der Waals surface area contributed by atoms with E-state index in [0.717, 1.165) is 43.0 Å². The van der Waals surface area contributed by atoms with E-state index < -0.39 is 10.0 Å². The zero-order valence-corrected chi connectivity index (χ0v) is 16.4. The molecule has 8 heteroatoms. The number of nitrogens with one attached hydrogen (secondary N) is 3.